The fourth-order valence-electron chi connectivity index (χ4n) is 4.46. The van der Waals surface area contributed by atoms with Gasteiger partial charge in [-0.2, -0.15) is 4.57 Å². The van der Waals surface area contributed by atoms with Crippen molar-refractivity contribution in [3.8, 4) is 17.1 Å². The molecule has 154 valence electrons. The fraction of sp³-hybridized carbons (Fsp3) is 0.321. The van der Waals surface area contributed by atoms with E-state index in [4.69, 9.17) is 1.37 Å². The van der Waals surface area contributed by atoms with E-state index in [1.165, 1.54) is 22.2 Å². The number of hydrogen-bond acceptors (Lipinski definition) is 0. The van der Waals surface area contributed by atoms with Crippen molar-refractivity contribution in [2.45, 2.75) is 52.9 Å². The average Bonchev–Trinajstić information content (AvgIpc) is 2.99. The zero-order chi connectivity index (χ0) is 22.6. The first-order valence-corrected chi connectivity index (χ1v) is 10.7. The van der Waals surface area contributed by atoms with Gasteiger partial charge in [0.1, 0.15) is 5.69 Å². The summed E-state index contributed by atoms with van der Waals surface area (Å²) in [6.07, 6.45) is 0. The fourth-order valence-corrected chi connectivity index (χ4v) is 4.46. The molecule has 1 heterocycles. The Balaban J connectivity index is 2.26. The van der Waals surface area contributed by atoms with Crippen LogP contribution in [0.3, 0.4) is 0 Å². The lowest BCUT2D eigenvalue weighted by molar-refractivity contribution is -0.633. The highest BCUT2D eigenvalue weighted by atomic mass is 15.2. The zero-order valence-corrected chi connectivity index (χ0v) is 19.2. The summed E-state index contributed by atoms with van der Waals surface area (Å²) in [5.74, 6) is 0.408. The van der Waals surface area contributed by atoms with E-state index in [1.807, 2.05) is 13.8 Å². The van der Waals surface area contributed by atoms with Crippen LogP contribution in [0, 0.1) is 6.92 Å². The molecule has 0 unspecified atom stereocenters. The zero-order valence-electron chi connectivity index (χ0n) is 20.2. The van der Waals surface area contributed by atoms with E-state index < -0.39 is 5.89 Å². The number of para-hydroxylation sites is 3. The quantitative estimate of drug-likeness (QED) is 0.334. The van der Waals surface area contributed by atoms with Crippen LogP contribution in [0.2, 0.25) is 0 Å². The molecule has 0 N–H and O–H groups in total. The number of nitrogens with zero attached hydrogens (tertiary/aromatic N) is 2. The summed E-state index contributed by atoms with van der Waals surface area (Å²) in [7, 11) is 2.14. The molecular weight excluding hydrogens is 364 g/mol. The first-order valence-electron chi connectivity index (χ1n) is 11.2. The molecule has 30 heavy (non-hydrogen) atoms. The molecule has 0 atom stereocenters. The molecule has 4 aromatic rings. The second-order valence-corrected chi connectivity index (χ2v) is 9.47. The van der Waals surface area contributed by atoms with E-state index >= 15 is 0 Å². The van der Waals surface area contributed by atoms with E-state index in [2.05, 4.69) is 111 Å². The molecule has 4 rings (SSSR count). The molecule has 0 fully saturated rings. The van der Waals surface area contributed by atoms with Crippen LogP contribution in [0.15, 0.2) is 66.7 Å². The Labute approximate surface area is 182 Å². The van der Waals surface area contributed by atoms with Crippen molar-refractivity contribution in [1.29, 1.82) is 0 Å². The predicted octanol–water partition coefficient (Wildman–Crippen LogP) is 6.85. The van der Waals surface area contributed by atoms with Crippen molar-refractivity contribution < 1.29 is 5.94 Å². The lowest BCUT2D eigenvalue weighted by atomic mass is 9.82. The summed E-state index contributed by atoms with van der Waals surface area (Å²) in [5, 5.41) is 0. The highest BCUT2D eigenvalue weighted by Crippen LogP contribution is 2.38. The summed E-state index contributed by atoms with van der Waals surface area (Å²) in [6.45, 7) is 12.9. The third kappa shape index (κ3) is 3.25. The third-order valence-electron chi connectivity index (χ3n) is 6.01. The van der Waals surface area contributed by atoms with Crippen molar-refractivity contribution >= 4 is 11.0 Å². The van der Waals surface area contributed by atoms with Gasteiger partial charge in [-0.15, -0.1) is 0 Å². The number of fused-ring (bicyclic) bond motifs is 1. The van der Waals surface area contributed by atoms with Gasteiger partial charge in [-0.1, -0.05) is 83.1 Å². The maximum atomic E-state index is 8.98. The predicted molar refractivity (Wildman–Crippen MR) is 127 cm³/mol. The van der Waals surface area contributed by atoms with Crippen LogP contribution in [0.4, 0.5) is 0 Å². The minimum absolute atomic E-state index is 0.0659. The Morgan fingerprint density at radius 3 is 2.23 bits per heavy atom. The van der Waals surface area contributed by atoms with E-state index in [1.54, 1.807) is 0 Å². The molecule has 0 aliphatic carbocycles. The van der Waals surface area contributed by atoms with Crippen LogP contribution in [-0.4, -0.2) is 4.57 Å². The van der Waals surface area contributed by atoms with E-state index in [9.17, 15) is 0 Å². The van der Waals surface area contributed by atoms with Gasteiger partial charge in [0.2, 0.25) is 0 Å². The topological polar surface area (TPSA) is 8.81 Å². The second kappa shape index (κ2) is 7.43. The maximum Gasteiger partial charge on any atom is 0.295 e. The van der Waals surface area contributed by atoms with Gasteiger partial charge >= 0.3 is 0 Å². The molecule has 0 bridgehead atoms. The van der Waals surface area contributed by atoms with Crippen LogP contribution >= 0.6 is 0 Å². The molecule has 3 aromatic carbocycles. The van der Waals surface area contributed by atoms with E-state index in [0.29, 0.717) is 0 Å². The summed E-state index contributed by atoms with van der Waals surface area (Å²) in [6, 6.07) is 23.6. The van der Waals surface area contributed by atoms with Gasteiger partial charge in [-0.25, -0.2) is 4.57 Å². The van der Waals surface area contributed by atoms with Crippen molar-refractivity contribution in [3.63, 3.8) is 0 Å². The van der Waals surface area contributed by atoms with Gasteiger partial charge in [0, 0.05) is 12.5 Å². The number of imidazole rings is 1. The molecule has 2 heteroatoms. The first-order chi connectivity index (χ1) is 14.5. The normalized spacial score (nSPS) is 13.0. The minimum atomic E-state index is -0.733. The summed E-state index contributed by atoms with van der Waals surface area (Å²) >= 11 is 0. The first kappa shape index (κ1) is 19.1. The van der Waals surface area contributed by atoms with E-state index in [-0.39, 0.29) is 5.41 Å². The molecule has 0 amide bonds. The Bertz CT molecular complexity index is 1230. The molecule has 0 aliphatic heterocycles. The summed E-state index contributed by atoms with van der Waals surface area (Å²) in [4.78, 5) is 0. The molecule has 1 aromatic heterocycles. The average molecular weight is 399 g/mol. The lowest BCUT2D eigenvalue weighted by Crippen LogP contribution is -2.31. The van der Waals surface area contributed by atoms with Crippen molar-refractivity contribution in [2.75, 3.05) is 0 Å². The monoisotopic (exact) mass is 398 g/mol. The summed E-state index contributed by atoms with van der Waals surface area (Å²) in [5.41, 5.74) is 8.14. The van der Waals surface area contributed by atoms with Crippen LogP contribution < -0.4 is 4.57 Å². The molecule has 0 radical (unpaired) electrons. The lowest BCUT2D eigenvalue weighted by Gasteiger charge is -2.25. The molecule has 0 saturated carbocycles. The third-order valence-corrected chi connectivity index (χ3v) is 6.01. The largest absolute Gasteiger partial charge is 0.295 e. The maximum absolute atomic E-state index is 8.98. The van der Waals surface area contributed by atoms with Gasteiger partial charge in [0.05, 0.1) is 12.6 Å². The van der Waals surface area contributed by atoms with Crippen LogP contribution in [0.5, 0.6) is 0 Å². The number of benzene rings is 3. The van der Waals surface area contributed by atoms with Crippen molar-refractivity contribution in [1.82, 2.24) is 4.57 Å². The Kier molecular flexibility index (Phi) is 4.73. The van der Waals surface area contributed by atoms with E-state index in [0.717, 1.165) is 22.6 Å². The molecule has 0 aliphatic rings. The van der Waals surface area contributed by atoms with Gasteiger partial charge < -0.3 is 0 Å². The number of aryl methyl sites for hydroxylation is 2. The van der Waals surface area contributed by atoms with Gasteiger partial charge in [0.25, 0.3) is 5.82 Å². The van der Waals surface area contributed by atoms with Crippen LogP contribution in [-0.2, 0) is 12.5 Å². The van der Waals surface area contributed by atoms with Crippen molar-refractivity contribution in [3.05, 3.63) is 83.4 Å². The second-order valence-electron chi connectivity index (χ2n) is 9.47. The number of hydrogen-bond donors (Lipinski definition) is 0. The number of aromatic nitrogens is 2. The Hall–Kier alpha value is -2.87. The van der Waals surface area contributed by atoms with Gasteiger partial charge in [-0.05, 0) is 42.0 Å². The molecular formula is C28H33N2+. The molecule has 0 spiro atoms. The van der Waals surface area contributed by atoms with Gasteiger partial charge in [-0.3, -0.25) is 0 Å². The summed E-state index contributed by atoms with van der Waals surface area (Å²) < 4.78 is 13.7. The number of rotatable bonds is 3. The van der Waals surface area contributed by atoms with Crippen LogP contribution in [0.25, 0.3) is 28.1 Å². The minimum Gasteiger partial charge on any atom is -0.225 e. The Morgan fingerprint density at radius 1 is 0.900 bits per heavy atom. The van der Waals surface area contributed by atoms with Crippen LogP contribution in [0.1, 0.15) is 58.6 Å². The SMILES string of the molecule is [2H]C(C)(C)c1cccc(C(C)(C)C)c1-n1c(-c2ccccc2C)[n+](C)c2ccccc21. The van der Waals surface area contributed by atoms with Gasteiger partial charge in [0.15, 0.2) is 11.0 Å². The highest BCUT2D eigenvalue weighted by molar-refractivity contribution is 5.81. The standard InChI is InChI=1S/C28H33N2/c1-19(2)21-15-12-16-23(28(4,5)6)26(21)30-25-18-11-10-17-24(25)29(7)27(30)22-14-9-8-13-20(22)3/h8-19H,1-7H3/q+1/i19D. The smallest absolute Gasteiger partial charge is 0.225 e. The highest BCUT2D eigenvalue weighted by Gasteiger charge is 2.32. The van der Waals surface area contributed by atoms with Crippen molar-refractivity contribution in [2.24, 2.45) is 7.05 Å². The Morgan fingerprint density at radius 2 is 1.57 bits per heavy atom. The molecule has 2 nitrogen and oxygen atoms in total. The molecule has 0 saturated heterocycles.